The number of nitrogens with one attached hydrogen (secondary N) is 1. The molecule has 0 saturated heterocycles. The average molecular weight is 189 g/mol. The van der Waals surface area contributed by atoms with E-state index in [4.69, 9.17) is 9.47 Å². The lowest BCUT2D eigenvalue weighted by Gasteiger charge is -2.20. The fourth-order valence-electron chi connectivity index (χ4n) is 0.704. The number of carbonyl (C=O) groups is 1. The van der Waals surface area contributed by atoms with Crippen molar-refractivity contribution >= 4 is 5.91 Å². The second kappa shape index (κ2) is 5.19. The number of hydrogen-bond acceptors (Lipinski definition) is 3. The molecule has 4 nitrogen and oxygen atoms in total. The molecule has 0 aliphatic rings. The molecule has 0 saturated carbocycles. The van der Waals surface area contributed by atoms with Gasteiger partial charge in [0.2, 0.25) is 5.91 Å². The van der Waals surface area contributed by atoms with E-state index < -0.39 is 0 Å². The summed E-state index contributed by atoms with van der Waals surface area (Å²) in [5.74, 6) is -0.00778. The van der Waals surface area contributed by atoms with Crippen molar-refractivity contribution in [2.45, 2.75) is 27.1 Å². The summed E-state index contributed by atoms with van der Waals surface area (Å²) >= 11 is 0. The van der Waals surface area contributed by atoms with E-state index in [0.717, 1.165) is 0 Å². The molecule has 0 unspecified atom stereocenters. The van der Waals surface area contributed by atoms with Gasteiger partial charge in [-0.05, 0) is 0 Å². The first-order valence-electron chi connectivity index (χ1n) is 4.25. The summed E-state index contributed by atoms with van der Waals surface area (Å²) in [7, 11) is 3.08. The Morgan fingerprint density at radius 2 is 1.77 bits per heavy atom. The molecule has 0 fully saturated rings. The van der Waals surface area contributed by atoms with Gasteiger partial charge in [0.05, 0.1) is 6.54 Å². The van der Waals surface area contributed by atoms with Crippen LogP contribution in [0.15, 0.2) is 0 Å². The fraction of sp³-hybridized carbons (Fsp3) is 0.889. The van der Waals surface area contributed by atoms with Crippen LogP contribution in [-0.4, -0.2) is 33.0 Å². The standard InChI is InChI=1S/C9H19NO3/c1-9(2,3)8(11)10-6-7(12-4)13-5/h7H,6H2,1-5H3,(H,10,11). The zero-order valence-electron chi connectivity index (χ0n) is 9.01. The van der Waals surface area contributed by atoms with Crippen LogP contribution in [0, 0.1) is 5.41 Å². The minimum absolute atomic E-state index is 0.00778. The Bertz CT molecular complexity index is 159. The first-order chi connectivity index (χ1) is 5.91. The van der Waals surface area contributed by atoms with Crippen molar-refractivity contribution in [1.29, 1.82) is 0 Å². The van der Waals surface area contributed by atoms with Gasteiger partial charge in [-0.1, -0.05) is 20.8 Å². The van der Waals surface area contributed by atoms with Crippen LogP contribution < -0.4 is 5.32 Å². The Kier molecular flexibility index (Phi) is 4.95. The van der Waals surface area contributed by atoms with E-state index in [1.165, 1.54) is 14.2 Å². The van der Waals surface area contributed by atoms with E-state index in [1.54, 1.807) is 0 Å². The number of ether oxygens (including phenoxy) is 2. The summed E-state index contributed by atoms with van der Waals surface area (Å²) in [5, 5.41) is 2.74. The SMILES string of the molecule is COC(CNC(=O)C(C)(C)C)OC. The highest BCUT2D eigenvalue weighted by atomic mass is 16.7. The van der Waals surface area contributed by atoms with Gasteiger partial charge in [0, 0.05) is 19.6 Å². The molecule has 1 N–H and O–H groups in total. The van der Waals surface area contributed by atoms with Crippen LogP contribution in [0.25, 0.3) is 0 Å². The van der Waals surface area contributed by atoms with Crippen LogP contribution in [0.1, 0.15) is 20.8 Å². The van der Waals surface area contributed by atoms with Crippen LogP contribution in [0.4, 0.5) is 0 Å². The van der Waals surface area contributed by atoms with Crippen molar-refractivity contribution in [3.8, 4) is 0 Å². The molecule has 0 radical (unpaired) electrons. The van der Waals surface area contributed by atoms with Crippen LogP contribution >= 0.6 is 0 Å². The predicted molar refractivity (Wildman–Crippen MR) is 50.3 cm³/mol. The maximum Gasteiger partial charge on any atom is 0.225 e. The topological polar surface area (TPSA) is 47.6 Å². The lowest BCUT2D eigenvalue weighted by atomic mass is 9.96. The van der Waals surface area contributed by atoms with Gasteiger partial charge in [-0.25, -0.2) is 0 Å². The van der Waals surface area contributed by atoms with E-state index in [9.17, 15) is 4.79 Å². The van der Waals surface area contributed by atoms with Crippen molar-refractivity contribution in [2.75, 3.05) is 20.8 Å². The summed E-state index contributed by atoms with van der Waals surface area (Å²) in [6, 6.07) is 0. The largest absolute Gasteiger partial charge is 0.354 e. The fourth-order valence-corrected chi connectivity index (χ4v) is 0.704. The number of amides is 1. The third-order valence-electron chi connectivity index (χ3n) is 1.64. The van der Waals surface area contributed by atoms with Gasteiger partial charge in [-0.3, -0.25) is 4.79 Å². The first-order valence-corrected chi connectivity index (χ1v) is 4.25. The molecular weight excluding hydrogens is 170 g/mol. The Hall–Kier alpha value is -0.610. The van der Waals surface area contributed by atoms with Crippen molar-refractivity contribution < 1.29 is 14.3 Å². The molecule has 0 aliphatic heterocycles. The van der Waals surface area contributed by atoms with E-state index in [1.807, 2.05) is 20.8 Å². The summed E-state index contributed by atoms with van der Waals surface area (Å²) in [6.07, 6.45) is -0.369. The van der Waals surface area contributed by atoms with E-state index >= 15 is 0 Å². The molecule has 1 amide bonds. The molecule has 0 heterocycles. The van der Waals surface area contributed by atoms with Crippen molar-refractivity contribution in [1.82, 2.24) is 5.32 Å². The molecule has 0 rings (SSSR count). The van der Waals surface area contributed by atoms with Gasteiger partial charge in [0.25, 0.3) is 0 Å². The van der Waals surface area contributed by atoms with Gasteiger partial charge in [-0.2, -0.15) is 0 Å². The molecule has 0 atom stereocenters. The van der Waals surface area contributed by atoms with Gasteiger partial charge in [0.15, 0.2) is 6.29 Å². The van der Waals surface area contributed by atoms with Crippen LogP contribution in [0.5, 0.6) is 0 Å². The molecule has 78 valence electrons. The maximum absolute atomic E-state index is 11.4. The highest BCUT2D eigenvalue weighted by Crippen LogP contribution is 2.12. The van der Waals surface area contributed by atoms with Gasteiger partial charge in [-0.15, -0.1) is 0 Å². The maximum atomic E-state index is 11.4. The van der Waals surface area contributed by atoms with Crippen LogP contribution in [0.3, 0.4) is 0 Å². The van der Waals surface area contributed by atoms with Crippen molar-refractivity contribution in [3.63, 3.8) is 0 Å². The summed E-state index contributed by atoms with van der Waals surface area (Å²) in [4.78, 5) is 11.4. The Balaban J connectivity index is 3.82. The average Bonchev–Trinajstić information content (AvgIpc) is 2.04. The second-order valence-electron chi connectivity index (χ2n) is 3.86. The highest BCUT2D eigenvalue weighted by molar-refractivity contribution is 5.81. The Labute approximate surface area is 79.6 Å². The minimum atomic E-state index is -0.369. The van der Waals surface area contributed by atoms with Gasteiger partial charge in [0.1, 0.15) is 0 Å². The van der Waals surface area contributed by atoms with Crippen LogP contribution in [0.2, 0.25) is 0 Å². The quantitative estimate of drug-likeness (QED) is 0.664. The Morgan fingerprint density at radius 1 is 1.31 bits per heavy atom. The number of hydrogen-bond donors (Lipinski definition) is 1. The molecular formula is C9H19NO3. The molecule has 0 aromatic rings. The molecule has 0 aromatic heterocycles. The summed E-state index contributed by atoms with van der Waals surface area (Å²) in [5.41, 5.74) is -0.369. The molecule has 4 heteroatoms. The van der Waals surface area contributed by atoms with Crippen LogP contribution in [-0.2, 0) is 14.3 Å². The number of carbonyl (C=O) groups excluding carboxylic acids is 1. The monoisotopic (exact) mass is 189 g/mol. The molecule has 13 heavy (non-hydrogen) atoms. The summed E-state index contributed by atoms with van der Waals surface area (Å²) in [6.45, 7) is 5.95. The normalized spacial score (nSPS) is 11.8. The zero-order chi connectivity index (χ0) is 10.5. The van der Waals surface area contributed by atoms with Gasteiger partial charge >= 0.3 is 0 Å². The highest BCUT2D eigenvalue weighted by Gasteiger charge is 2.21. The molecule has 0 spiro atoms. The minimum Gasteiger partial charge on any atom is -0.354 e. The van der Waals surface area contributed by atoms with E-state index in [0.29, 0.717) is 6.54 Å². The first kappa shape index (κ1) is 12.4. The third-order valence-corrected chi connectivity index (χ3v) is 1.64. The van der Waals surface area contributed by atoms with Crippen molar-refractivity contribution in [2.24, 2.45) is 5.41 Å². The van der Waals surface area contributed by atoms with Gasteiger partial charge < -0.3 is 14.8 Å². The van der Waals surface area contributed by atoms with E-state index in [2.05, 4.69) is 5.32 Å². The number of rotatable bonds is 4. The zero-order valence-corrected chi connectivity index (χ0v) is 9.01. The second-order valence-corrected chi connectivity index (χ2v) is 3.86. The Morgan fingerprint density at radius 3 is 2.08 bits per heavy atom. The lowest BCUT2D eigenvalue weighted by molar-refractivity contribution is -0.134. The predicted octanol–water partition coefficient (Wildman–Crippen LogP) is 0.768. The van der Waals surface area contributed by atoms with Crippen molar-refractivity contribution in [3.05, 3.63) is 0 Å². The van der Waals surface area contributed by atoms with E-state index in [-0.39, 0.29) is 17.6 Å². The molecule has 0 bridgehead atoms. The smallest absolute Gasteiger partial charge is 0.225 e. The lowest BCUT2D eigenvalue weighted by Crippen LogP contribution is -2.40. The third kappa shape index (κ3) is 4.85. The molecule has 0 aromatic carbocycles. The molecule has 0 aliphatic carbocycles. The number of methoxy groups -OCH3 is 2. The summed E-state index contributed by atoms with van der Waals surface area (Å²) < 4.78 is 9.85.